The van der Waals surface area contributed by atoms with Gasteiger partial charge in [0.15, 0.2) is 0 Å². The van der Waals surface area contributed by atoms with E-state index < -0.39 is 16.1 Å². The SMILES string of the molecule is CCOC(=O)N/N=C(/C)c1ccc(S(=O)(=O)NC)cc1. The van der Waals surface area contributed by atoms with Gasteiger partial charge < -0.3 is 4.74 Å². The minimum absolute atomic E-state index is 0.162. The number of sulfonamides is 1. The van der Waals surface area contributed by atoms with Crippen LogP contribution in [-0.2, 0) is 14.8 Å². The summed E-state index contributed by atoms with van der Waals surface area (Å²) in [5.74, 6) is 0. The molecule has 110 valence electrons. The molecule has 0 aromatic heterocycles. The first kappa shape index (κ1) is 16.1. The van der Waals surface area contributed by atoms with E-state index in [0.29, 0.717) is 11.3 Å². The molecule has 1 aromatic carbocycles. The van der Waals surface area contributed by atoms with Crippen LogP contribution in [0.3, 0.4) is 0 Å². The summed E-state index contributed by atoms with van der Waals surface area (Å²) in [6.45, 7) is 3.64. The van der Waals surface area contributed by atoms with Gasteiger partial charge in [-0.05, 0) is 38.6 Å². The fourth-order valence-corrected chi connectivity index (χ4v) is 2.08. The number of hydrogen-bond donors (Lipinski definition) is 2. The number of carbonyl (C=O) groups is 1. The second kappa shape index (κ2) is 7.01. The third-order valence-corrected chi connectivity index (χ3v) is 3.87. The Hall–Kier alpha value is -1.93. The maximum atomic E-state index is 11.6. The van der Waals surface area contributed by atoms with Gasteiger partial charge in [-0.3, -0.25) is 0 Å². The van der Waals surface area contributed by atoms with Crippen LogP contribution < -0.4 is 10.1 Å². The Morgan fingerprint density at radius 3 is 2.40 bits per heavy atom. The largest absolute Gasteiger partial charge is 0.449 e. The molecule has 0 saturated carbocycles. The lowest BCUT2D eigenvalue weighted by Gasteiger charge is -2.05. The number of ether oxygens (including phenoxy) is 1. The van der Waals surface area contributed by atoms with E-state index in [1.807, 2.05) is 0 Å². The molecule has 1 aromatic rings. The van der Waals surface area contributed by atoms with Crippen molar-refractivity contribution in [3.8, 4) is 0 Å². The lowest BCUT2D eigenvalue weighted by molar-refractivity contribution is 0.152. The number of nitrogens with one attached hydrogen (secondary N) is 2. The smallest absolute Gasteiger partial charge is 0.427 e. The standard InChI is InChI=1S/C12H17N3O4S/c1-4-19-12(16)15-14-9(2)10-5-7-11(8-6-10)20(17,18)13-3/h5-8,13H,4H2,1-3H3,(H,15,16)/b14-9-. The third kappa shape index (κ3) is 4.32. The van der Waals surface area contributed by atoms with Gasteiger partial charge in [-0.2, -0.15) is 5.10 Å². The predicted molar refractivity (Wildman–Crippen MR) is 75.1 cm³/mol. The van der Waals surface area contributed by atoms with Crippen molar-refractivity contribution < 1.29 is 17.9 Å². The molecule has 1 amide bonds. The first-order chi connectivity index (χ1) is 9.40. The zero-order valence-electron chi connectivity index (χ0n) is 11.5. The molecule has 8 heteroatoms. The average molecular weight is 299 g/mol. The lowest BCUT2D eigenvalue weighted by atomic mass is 10.1. The van der Waals surface area contributed by atoms with Gasteiger partial charge in [-0.1, -0.05) is 12.1 Å². The van der Waals surface area contributed by atoms with Gasteiger partial charge in [0.05, 0.1) is 17.2 Å². The maximum absolute atomic E-state index is 11.6. The Kier molecular flexibility index (Phi) is 5.66. The highest BCUT2D eigenvalue weighted by Gasteiger charge is 2.10. The molecule has 0 aliphatic carbocycles. The van der Waals surface area contributed by atoms with E-state index in [4.69, 9.17) is 0 Å². The number of carbonyl (C=O) groups excluding carboxylic acids is 1. The van der Waals surface area contributed by atoms with Crippen molar-refractivity contribution in [3.05, 3.63) is 29.8 Å². The van der Waals surface area contributed by atoms with Crippen LogP contribution in [0.2, 0.25) is 0 Å². The van der Waals surface area contributed by atoms with Crippen LogP contribution in [0.1, 0.15) is 19.4 Å². The summed E-state index contributed by atoms with van der Waals surface area (Å²) < 4.78 is 30.0. The fourth-order valence-electron chi connectivity index (χ4n) is 1.35. The molecule has 1 rings (SSSR count). The van der Waals surface area contributed by atoms with Crippen LogP contribution in [0.25, 0.3) is 0 Å². The van der Waals surface area contributed by atoms with Crippen LogP contribution >= 0.6 is 0 Å². The fraction of sp³-hybridized carbons (Fsp3) is 0.333. The van der Waals surface area contributed by atoms with E-state index in [1.165, 1.54) is 19.2 Å². The van der Waals surface area contributed by atoms with E-state index >= 15 is 0 Å². The molecule has 0 radical (unpaired) electrons. The molecule has 0 heterocycles. The van der Waals surface area contributed by atoms with Gasteiger partial charge in [0, 0.05) is 0 Å². The van der Waals surface area contributed by atoms with Crippen LogP contribution in [0.5, 0.6) is 0 Å². The maximum Gasteiger partial charge on any atom is 0.427 e. The zero-order valence-corrected chi connectivity index (χ0v) is 12.3. The summed E-state index contributed by atoms with van der Waals surface area (Å²) in [6.07, 6.45) is -0.638. The average Bonchev–Trinajstić information content (AvgIpc) is 2.45. The lowest BCUT2D eigenvalue weighted by Crippen LogP contribution is -2.20. The van der Waals surface area contributed by atoms with Crippen molar-refractivity contribution in [1.82, 2.24) is 10.1 Å². The monoisotopic (exact) mass is 299 g/mol. The van der Waals surface area contributed by atoms with E-state index in [2.05, 4.69) is 20.0 Å². The second-order valence-electron chi connectivity index (χ2n) is 3.76. The van der Waals surface area contributed by atoms with Crippen LogP contribution in [0.4, 0.5) is 4.79 Å². The topological polar surface area (TPSA) is 96.9 Å². The Balaban J connectivity index is 2.83. The first-order valence-corrected chi connectivity index (χ1v) is 7.40. The number of hydrogen-bond acceptors (Lipinski definition) is 5. The van der Waals surface area contributed by atoms with Gasteiger partial charge in [0.25, 0.3) is 0 Å². The van der Waals surface area contributed by atoms with Crippen LogP contribution in [-0.4, -0.2) is 33.9 Å². The van der Waals surface area contributed by atoms with Gasteiger partial charge in [-0.15, -0.1) is 0 Å². The Bertz CT molecular complexity index is 594. The van der Waals surface area contributed by atoms with Crippen molar-refractivity contribution in [2.75, 3.05) is 13.7 Å². The first-order valence-electron chi connectivity index (χ1n) is 5.91. The van der Waals surface area contributed by atoms with Gasteiger partial charge in [0.2, 0.25) is 10.0 Å². The van der Waals surface area contributed by atoms with Gasteiger partial charge in [0.1, 0.15) is 0 Å². The van der Waals surface area contributed by atoms with E-state index in [9.17, 15) is 13.2 Å². The summed E-state index contributed by atoms with van der Waals surface area (Å²) in [5.41, 5.74) is 3.46. The normalized spacial score (nSPS) is 12.1. The summed E-state index contributed by atoms with van der Waals surface area (Å²) in [5, 5.41) is 3.85. The summed E-state index contributed by atoms with van der Waals surface area (Å²) in [7, 11) is -2.11. The van der Waals surface area contributed by atoms with Crippen LogP contribution in [0, 0.1) is 0 Å². The quantitative estimate of drug-likeness (QED) is 0.627. The Morgan fingerprint density at radius 1 is 1.30 bits per heavy atom. The molecule has 0 aliphatic heterocycles. The van der Waals surface area contributed by atoms with Gasteiger partial charge >= 0.3 is 6.09 Å². The third-order valence-electron chi connectivity index (χ3n) is 2.44. The second-order valence-corrected chi connectivity index (χ2v) is 5.65. The molecule has 0 fully saturated rings. The molecule has 0 spiro atoms. The highest BCUT2D eigenvalue weighted by molar-refractivity contribution is 7.89. The molecule has 0 unspecified atom stereocenters. The van der Waals surface area contributed by atoms with Crippen molar-refractivity contribution >= 4 is 21.8 Å². The van der Waals surface area contributed by atoms with Crippen molar-refractivity contribution in [2.24, 2.45) is 5.10 Å². The molecular formula is C12H17N3O4S. The van der Waals surface area contributed by atoms with Crippen molar-refractivity contribution in [2.45, 2.75) is 18.7 Å². The van der Waals surface area contributed by atoms with E-state index in [0.717, 1.165) is 0 Å². The highest BCUT2D eigenvalue weighted by atomic mass is 32.2. The van der Waals surface area contributed by atoms with E-state index in [-0.39, 0.29) is 11.5 Å². The number of nitrogens with zero attached hydrogens (tertiary/aromatic N) is 1. The molecule has 0 saturated heterocycles. The zero-order chi connectivity index (χ0) is 15.2. The minimum atomic E-state index is -3.45. The van der Waals surface area contributed by atoms with Crippen molar-refractivity contribution in [1.29, 1.82) is 0 Å². The number of hydrazone groups is 1. The molecule has 2 N–H and O–H groups in total. The van der Waals surface area contributed by atoms with Crippen molar-refractivity contribution in [3.63, 3.8) is 0 Å². The minimum Gasteiger partial charge on any atom is -0.449 e. The van der Waals surface area contributed by atoms with E-state index in [1.54, 1.807) is 26.0 Å². The molecule has 0 bridgehead atoms. The Morgan fingerprint density at radius 2 is 1.90 bits per heavy atom. The van der Waals surface area contributed by atoms with Gasteiger partial charge in [-0.25, -0.2) is 23.4 Å². The summed E-state index contributed by atoms with van der Waals surface area (Å²) in [4.78, 5) is 11.2. The molecule has 0 atom stereocenters. The molecule has 20 heavy (non-hydrogen) atoms. The predicted octanol–water partition coefficient (Wildman–Crippen LogP) is 1.06. The number of rotatable bonds is 5. The van der Waals surface area contributed by atoms with Crippen LogP contribution in [0.15, 0.2) is 34.3 Å². The summed E-state index contributed by atoms with van der Waals surface area (Å²) >= 11 is 0. The number of benzene rings is 1. The summed E-state index contributed by atoms with van der Waals surface area (Å²) in [6, 6.07) is 6.14. The Labute approximate surface area is 118 Å². The molecule has 0 aliphatic rings. The molecular weight excluding hydrogens is 282 g/mol. The number of amides is 1. The highest BCUT2D eigenvalue weighted by Crippen LogP contribution is 2.10. The molecule has 7 nitrogen and oxygen atoms in total.